The van der Waals surface area contributed by atoms with E-state index >= 15 is 0 Å². The number of anilines is 2. The molecular weight excluding hydrogens is 535 g/mol. The number of hydrogen-bond donors (Lipinski definition) is 0. The third kappa shape index (κ3) is 5.79. The topological polar surface area (TPSA) is 59.1 Å². The number of carbonyl (C=O) groups excluding carboxylic acids is 2. The molecule has 2 saturated heterocycles. The first-order chi connectivity index (χ1) is 19.0. The number of nitrogens with zero attached hydrogens (tertiary/aromatic N) is 2. The Balaban J connectivity index is 1.36. The van der Waals surface area contributed by atoms with Crippen LogP contribution in [0.3, 0.4) is 0 Å². The molecule has 3 aromatic carbocycles. The Kier molecular flexibility index (Phi) is 8.75. The molecule has 2 fully saturated rings. The van der Waals surface area contributed by atoms with Crippen molar-refractivity contribution in [2.75, 3.05) is 16.6 Å². The third-order valence-corrected chi connectivity index (χ3v) is 8.01. The van der Waals surface area contributed by atoms with Crippen molar-refractivity contribution in [1.82, 2.24) is 0 Å². The summed E-state index contributed by atoms with van der Waals surface area (Å²) < 4.78 is 5.96. The number of unbranched alkanes of at least 4 members (excludes halogenated alkanes) is 5. The molecule has 0 unspecified atom stereocenters. The average Bonchev–Trinajstić information content (AvgIpc) is 3.46. The highest BCUT2D eigenvalue weighted by atomic mass is 35.5. The number of halogens is 2. The van der Waals surface area contributed by atoms with Crippen molar-refractivity contribution in [2.24, 2.45) is 5.92 Å². The lowest BCUT2D eigenvalue weighted by atomic mass is 9.90. The largest absolute Gasteiger partial charge is 0.494 e. The fourth-order valence-electron chi connectivity index (χ4n) is 5.26. The Morgan fingerprint density at radius 1 is 0.795 bits per heavy atom. The molecule has 2 aliphatic heterocycles. The number of hydroxylamine groups is 1. The van der Waals surface area contributed by atoms with Crippen molar-refractivity contribution in [3.8, 4) is 5.75 Å². The van der Waals surface area contributed by atoms with E-state index < -0.39 is 24.0 Å². The van der Waals surface area contributed by atoms with Gasteiger partial charge in [-0.25, -0.2) is 9.96 Å². The fourth-order valence-corrected chi connectivity index (χ4v) is 5.56. The molecule has 6 nitrogen and oxygen atoms in total. The highest BCUT2D eigenvalue weighted by molar-refractivity contribution is 6.42. The van der Waals surface area contributed by atoms with E-state index in [-0.39, 0.29) is 10.9 Å². The smallest absolute Gasteiger partial charge is 0.266 e. The molecule has 2 aliphatic rings. The number of amides is 2. The standard InChI is InChI=1S/C31H32Cl2N2O4/c1-2-3-4-5-6-10-19-38-24-16-13-21(14-17-24)28-27-29(39-35(28)22-11-8-7-9-12-22)31(37)34(30(27)36)23-15-18-25(32)26(33)20-23/h7-9,11-18,20,27-29H,2-6,10,19H2,1H3/t27-,28+,29+/m0/s1. The average molecular weight is 568 g/mol. The number of para-hydroxylation sites is 1. The molecule has 3 aromatic rings. The van der Waals surface area contributed by atoms with Crippen LogP contribution in [0.2, 0.25) is 10.0 Å². The summed E-state index contributed by atoms with van der Waals surface area (Å²) >= 11 is 12.3. The Hall–Kier alpha value is -3.06. The first-order valence-electron chi connectivity index (χ1n) is 13.6. The molecule has 0 radical (unpaired) electrons. The van der Waals surface area contributed by atoms with Crippen LogP contribution in [0.25, 0.3) is 0 Å². The van der Waals surface area contributed by atoms with Crippen LogP contribution in [0.4, 0.5) is 11.4 Å². The summed E-state index contributed by atoms with van der Waals surface area (Å²) in [5, 5.41) is 2.30. The summed E-state index contributed by atoms with van der Waals surface area (Å²) in [5.74, 6) is -0.719. The van der Waals surface area contributed by atoms with Crippen LogP contribution in [0.5, 0.6) is 5.75 Å². The number of rotatable bonds is 11. The molecule has 204 valence electrons. The van der Waals surface area contributed by atoms with Gasteiger partial charge in [0.05, 0.1) is 34.1 Å². The SMILES string of the molecule is CCCCCCCCOc1ccc([C@@H]2[C@@H]3C(=O)N(c4ccc(Cl)c(Cl)c4)C(=O)[C@@H]3ON2c2ccccc2)cc1. The minimum absolute atomic E-state index is 0.270. The molecule has 0 bridgehead atoms. The van der Waals surface area contributed by atoms with Gasteiger partial charge in [-0.2, -0.15) is 0 Å². The second-order valence-corrected chi connectivity index (χ2v) is 10.8. The predicted octanol–water partition coefficient (Wildman–Crippen LogP) is 7.78. The van der Waals surface area contributed by atoms with Gasteiger partial charge in [0.1, 0.15) is 11.7 Å². The molecule has 8 heteroatoms. The van der Waals surface area contributed by atoms with Gasteiger partial charge < -0.3 is 4.74 Å². The molecule has 5 rings (SSSR count). The molecule has 2 amide bonds. The predicted molar refractivity (Wildman–Crippen MR) is 154 cm³/mol. The van der Waals surface area contributed by atoms with Crippen molar-refractivity contribution in [3.05, 3.63) is 88.4 Å². The highest BCUT2D eigenvalue weighted by Gasteiger charge is 2.60. The van der Waals surface area contributed by atoms with E-state index in [0.29, 0.717) is 17.3 Å². The minimum atomic E-state index is -0.958. The molecule has 0 aliphatic carbocycles. The van der Waals surface area contributed by atoms with Crippen molar-refractivity contribution in [2.45, 2.75) is 57.6 Å². The molecule has 0 saturated carbocycles. The normalized spacial score (nSPS) is 20.5. The second-order valence-electron chi connectivity index (χ2n) is 9.95. The number of ether oxygens (including phenoxy) is 1. The maximum Gasteiger partial charge on any atom is 0.266 e. The number of carbonyl (C=O) groups is 2. The summed E-state index contributed by atoms with van der Waals surface area (Å²) in [6, 6.07) is 21.5. The van der Waals surface area contributed by atoms with Gasteiger partial charge in [0.25, 0.3) is 5.91 Å². The monoisotopic (exact) mass is 566 g/mol. The number of imide groups is 1. The summed E-state index contributed by atoms with van der Waals surface area (Å²) in [5.41, 5.74) is 2.00. The van der Waals surface area contributed by atoms with E-state index in [4.69, 9.17) is 32.8 Å². The molecule has 0 aromatic heterocycles. The van der Waals surface area contributed by atoms with E-state index in [1.54, 1.807) is 17.2 Å². The molecule has 0 N–H and O–H groups in total. The highest BCUT2D eigenvalue weighted by Crippen LogP contribution is 2.48. The van der Waals surface area contributed by atoms with E-state index in [1.807, 2.05) is 54.6 Å². The zero-order chi connectivity index (χ0) is 27.4. The van der Waals surface area contributed by atoms with Gasteiger partial charge in [0.15, 0.2) is 6.10 Å². The van der Waals surface area contributed by atoms with E-state index in [2.05, 4.69) is 6.92 Å². The van der Waals surface area contributed by atoms with E-state index in [0.717, 1.165) is 34.7 Å². The Bertz CT molecular complexity index is 1300. The first-order valence-corrected chi connectivity index (χ1v) is 14.3. The fraction of sp³-hybridized carbons (Fsp3) is 0.355. The van der Waals surface area contributed by atoms with E-state index in [1.165, 1.54) is 31.7 Å². The summed E-state index contributed by atoms with van der Waals surface area (Å²) in [6.07, 6.45) is 6.27. The Morgan fingerprint density at radius 3 is 2.23 bits per heavy atom. The van der Waals surface area contributed by atoms with Crippen LogP contribution in [0.1, 0.15) is 57.1 Å². The lowest BCUT2D eigenvalue weighted by Gasteiger charge is -2.29. The quantitative estimate of drug-likeness (QED) is 0.175. The van der Waals surface area contributed by atoms with Crippen LogP contribution >= 0.6 is 23.2 Å². The Labute approximate surface area is 239 Å². The van der Waals surface area contributed by atoms with Gasteiger partial charge in [-0.15, -0.1) is 0 Å². The lowest BCUT2D eigenvalue weighted by molar-refractivity contribution is -0.126. The number of fused-ring (bicyclic) bond motifs is 1. The Morgan fingerprint density at radius 2 is 1.51 bits per heavy atom. The molecule has 0 spiro atoms. The van der Waals surface area contributed by atoms with Gasteiger partial charge >= 0.3 is 0 Å². The third-order valence-electron chi connectivity index (χ3n) is 7.28. The summed E-state index contributed by atoms with van der Waals surface area (Å²) in [7, 11) is 0. The van der Waals surface area contributed by atoms with Gasteiger partial charge in [0.2, 0.25) is 5.91 Å². The maximum atomic E-state index is 13.8. The maximum absolute atomic E-state index is 13.8. The van der Waals surface area contributed by atoms with Gasteiger partial charge in [-0.3, -0.25) is 14.4 Å². The lowest BCUT2D eigenvalue weighted by Crippen LogP contribution is -2.37. The van der Waals surface area contributed by atoms with Gasteiger partial charge in [-0.05, 0) is 54.4 Å². The number of benzene rings is 3. The molecule has 39 heavy (non-hydrogen) atoms. The summed E-state index contributed by atoms with van der Waals surface area (Å²) in [6.45, 7) is 2.89. The zero-order valence-corrected chi connectivity index (χ0v) is 23.4. The van der Waals surface area contributed by atoms with E-state index in [9.17, 15) is 9.59 Å². The zero-order valence-electron chi connectivity index (χ0n) is 21.9. The number of hydrogen-bond acceptors (Lipinski definition) is 5. The van der Waals surface area contributed by atoms with Crippen molar-refractivity contribution in [3.63, 3.8) is 0 Å². The van der Waals surface area contributed by atoms with Crippen molar-refractivity contribution < 1.29 is 19.2 Å². The minimum Gasteiger partial charge on any atom is -0.494 e. The van der Waals surface area contributed by atoms with Crippen LogP contribution in [0, 0.1) is 5.92 Å². The van der Waals surface area contributed by atoms with Crippen LogP contribution in [-0.4, -0.2) is 24.5 Å². The first kappa shape index (κ1) is 27.5. The molecule has 3 atom stereocenters. The van der Waals surface area contributed by atoms with Gasteiger partial charge in [0, 0.05) is 0 Å². The van der Waals surface area contributed by atoms with Crippen molar-refractivity contribution in [1.29, 1.82) is 0 Å². The van der Waals surface area contributed by atoms with Crippen LogP contribution in [-0.2, 0) is 14.4 Å². The van der Waals surface area contributed by atoms with Crippen LogP contribution < -0.4 is 14.7 Å². The van der Waals surface area contributed by atoms with Crippen molar-refractivity contribution >= 4 is 46.4 Å². The molecular formula is C31H32Cl2N2O4. The van der Waals surface area contributed by atoms with Gasteiger partial charge in [-0.1, -0.05) is 92.6 Å². The summed E-state index contributed by atoms with van der Waals surface area (Å²) in [4.78, 5) is 34.6. The molecule has 2 heterocycles. The van der Waals surface area contributed by atoms with Crippen LogP contribution in [0.15, 0.2) is 72.8 Å². The second kappa shape index (κ2) is 12.4.